The first-order valence-corrected chi connectivity index (χ1v) is 7.77. The van der Waals surface area contributed by atoms with Crippen LogP contribution < -0.4 is 5.43 Å². The van der Waals surface area contributed by atoms with Crippen LogP contribution in [0.5, 0.6) is 0 Å². The fourth-order valence-corrected chi connectivity index (χ4v) is 4.24. The monoisotopic (exact) mass is 266 g/mol. The minimum absolute atomic E-state index is 0.0127. The van der Waals surface area contributed by atoms with Gasteiger partial charge in [0.1, 0.15) is 5.65 Å². The Labute approximate surface area is 104 Å². The molecule has 6 heteroatoms. The molecule has 1 saturated heterocycles. The molecule has 0 amide bonds. The van der Waals surface area contributed by atoms with Gasteiger partial charge in [-0.25, -0.2) is 8.42 Å². The molecule has 1 fully saturated rings. The molecular formula is C12H14N2O3S. The molecule has 1 N–H and O–H groups in total. The highest BCUT2D eigenvalue weighted by molar-refractivity contribution is 7.91. The zero-order valence-electron chi connectivity index (χ0n) is 9.80. The summed E-state index contributed by atoms with van der Waals surface area (Å²) in [6.07, 6.45) is 5.14. The van der Waals surface area contributed by atoms with Gasteiger partial charge in [-0.05, 0) is 12.8 Å². The van der Waals surface area contributed by atoms with Crippen molar-refractivity contribution in [3.05, 3.63) is 40.4 Å². The van der Waals surface area contributed by atoms with Gasteiger partial charge in [0.05, 0.1) is 11.5 Å². The topological polar surface area (TPSA) is 71.4 Å². The Balaban J connectivity index is 2.01. The average molecular weight is 266 g/mol. The van der Waals surface area contributed by atoms with Gasteiger partial charge in [-0.15, -0.1) is 0 Å². The van der Waals surface area contributed by atoms with E-state index in [1.165, 1.54) is 12.1 Å². The van der Waals surface area contributed by atoms with Crippen molar-refractivity contribution in [2.24, 2.45) is 0 Å². The standard InChI is InChI=1S/C12H14N2O3S/c15-10-3-4-14-7-11(13-12(14)6-10)9-2-1-5-18(16,17)8-9/h3-4,6-7,9,13H,1-2,5,8H2. The molecule has 0 aliphatic carbocycles. The largest absolute Gasteiger partial charge is 0.343 e. The lowest BCUT2D eigenvalue weighted by Gasteiger charge is -2.20. The van der Waals surface area contributed by atoms with E-state index in [0.717, 1.165) is 12.1 Å². The molecular weight excluding hydrogens is 252 g/mol. The minimum atomic E-state index is -2.92. The maximum absolute atomic E-state index is 11.6. The van der Waals surface area contributed by atoms with Crippen molar-refractivity contribution in [2.45, 2.75) is 18.8 Å². The average Bonchev–Trinajstić information content (AvgIpc) is 2.70. The number of sulfone groups is 1. The summed E-state index contributed by atoms with van der Waals surface area (Å²) in [5.74, 6) is 0.505. The molecule has 0 saturated carbocycles. The van der Waals surface area contributed by atoms with E-state index in [2.05, 4.69) is 4.98 Å². The first-order valence-electron chi connectivity index (χ1n) is 5.95. The number of pyridine rings is 1. The predicted molar refractivity (Wildman–Crippen MR) is 68.6 cm³/mol. The lowest BCUT2D eigenvalue weighted by atomic mass is 10.0. The Morgan fingerprint density at radius 3 is 3.00 bits per heavy atom. The van der Waals surface area contributed by atoms with Crippen molar-refractivity contribution < 1.29 is 8.42 Å². The third kappa shape index (κ3) is 2.08. The van der Waals surface area contributed by atoms with Gasteiger partial charge < -0.3 is 9.38 Å². The van der Waals surface area contributed by atoms with Crippen LogP contribution in [-0.4, -0.2) is 29.3 Å². The molecule has 1 aliphatic heterocycles. The van der Waals surface area contributed by atoms with E-state index in [9.17, 15) is 13.2 Å². The molecule has 0 spiro atoms. The normalized spacial score (nSPS) is 23.2. The summed E-state index contributed by atoms with van der Waals surface area (Å²) >= 11 is 0. The second-order valence-corrected chi connectivity index (χ2v) is 7.05. The van der Waals surface area contributed by atoms with Crippen molar-refractivity contribution in [3.8, 4) is 0 Å². The van der Waals surface area contributed by atoms with Crippen LogP contribution in [0, 0.1) is 0 Å². The van der Waals surface area contributed by atoms with Crippen molar-refractivity contribution in [3.63, 3.8) is 0 Å². The number of aromatic nitrogens is 2. The summed E-state index contributed by atoms with van der Waals surface area (Å²) in [4.78, 5) is 14.4. The Kier molecular flexibility index (Phi) is 2.55. The fraction of sp³-hybridized carbons (Fsp3) is 0.417. The number of hydrogen-bond acceptors (Lipinski definition) is 3. The number of hydrogen-bond donors (Lipinski definition) is 1. The third-order valence-electron chi connectivity index (χ3n) is 3.41. The Hall–Kier alpha value is -1.56. The van der Waals surface area contributed by atoms with Crippen LogP contribution in [0.2, 0.25) is 0 Å². The molecule has 1 atom stereocenters. The highest BCUT2D eigenvalue weighted by Gasteiger charge is 2.26. The first-order chi connectivity index (χ1) is 8.53. The van der Waals surface area contributed by atoms with E-state index in [4.69, 9.17) is 0 Å². The summed E-state index contributed by atoms with van der Waals surface area (Å²) < 4.78 is 25.1. The van der Waals surface area contributed by atoms with Crippen molar-refractivity contribution in [1.29, 1.82) is 0 Å². The zero-order valence-corrected chi connectivity index (χ0v) is 10.6. The summed E-state index contributed by atoms with van der Waals surface area (Å²) in [6.45, 7) is 0. The van der Waals surface area contributed by atoms with Gasteiger partial charge in [0.25, 0.3) is 0 Å². The smallest absolute Gasteiger partial charge is 0.183 e. The van der Waals surface area contributed by atoms with Crippen LogP contribution in [0.4, 0.5) is 0 Å². The summed E-state index contributed by atoms with van der Waals surface area (Å²) in [5.41, 5.74) is 1.55. The molecule has 0 radical (unpaired) electrons. The number of H-pyrrole nitrogens is 1. The number of fused-ring (bicyclic) bond motifs is 1. The van der Waals surface area contributed by atoms with Crippen LogP contribution in [0.3, 0.4) is 0 Å². The second-order valence-electron chi connectivity index (χ2n) is 4.82. The van der Waals surface area contributed by atoms with Crippen molar-refractivity contribution in [1.82, 2.24) is 9.38 Å². The van der Waals surface area contributed by atoms with Crippen LogP contribution in [0.1, 0.15) is 24.5 Å². The molecule has 5 nitrogen and oxygen atoms in total. The quantitative estimate of drug-likeness (QED) is 0.834. The van der Waals surface area contributed by atoms with Crippen molar-refractivity contribution in [2.75, 3.05) is 11.5 Å². The fourth-order valence-electron chi connectivity index (χ4n) is 2.51. The van der Waals surface area contributed by atoms with Crippen LogP contribution in [0.15, 0.2) is 29.3 Å². The Bertz CT molecular complexity index is 742. The Morgan fingerprint density at radius 1 is 1.39 bits per heavy atom. The molecule has 0 aromatic carbocycles. The second kappa shape index (κ2) is 3.98. The third-order valence-corrected chi connectivity index (χ3v) is 5.23. The molecule has 3 rings (SSSR count). The molecule has 1 aliphatic rings. The number of nitrogens with zero attached hydrogens (tertiary/aromatic N) is 1. The number of nitrogens with one attached hydrogen (secondary N) is 1. The highest BCUT2D eigenvalue weighted by atomic mass is 32.2. The van der Waals surface area contributed by atoms with E-state index < -0.39 is 9.84 Å². The van der Waals surface area contributed by atoms with E-state index in [1.54, 1.807) is 6.20 Å². The number of rotatable bonds is 1. The van der Waals surface area contributed by atoms with Gasteiger partial charge in [-0.3, -0.25) is 4.79 Å². The van der Waals surface area contributed by atoms with Gasteiger partial charge >= 0.3 is 0 Å². The molecule has 1 unspecified atom stereocenters. The van der Waals surface area contributed by atoms with Gasteiger partial charge in [0.2, 0.25) is 0 Å². The molecule has 2 aromatic heterocycles. The lowest BCUT2D eigenvalue weighted by Crippen LogP contribution is -2.23. The summed E-state index contributed by atoms with van der Waals surface area (Å²) in [6, 6.07) is 3.00. The highest BCUT2D eigenvalue weighted by Crippen LogP contribution is 2.27. The molecule has 2 aromatic rings. The molecule has 3 heterocycles. The van der Waals surface area contributed by atoms with Gasteiger partial charge in [-0.2, -0.15) is 0 Å². The molecule has 0 bridgehead atoms. The van der Waals surface area contributed by atoms with E-state index in [0.29, 0.717) is 17.8 Å². The zero-order chi connectivity index (χ0) is 12.8. The van der Waals surface area contributed by atoms with Crippen LogP contribution in [-0.2, 0) is 9.84 Å². The van der Waals surface area contributed by atoms with E-state index >= 15 is 0 Å². The maximum atomic E-state index is 11.6. The van der Waals surface area contributed by atoms with Crippen LogP contribution >= 0.6 is 0 Å². The SMILES string of the molecule is O=c1ccn2cc(C3CCCS(=O)(=O)C3)[nH]c2c1. The van der Waals surface area contributed by atoms with Gasteiger partial charge in [0.15, 0.2) is 15.3 Å². The number of imidazole rings is 1. The minimum Gasteiger partial charge on any atom is -0.343 e. The van der Waals surface area contributed by atoms with Gasteiger partial charge in [0, 0.05) is 36.1 Å². The van der Waals surface area contributed by atoms with Gasteiger partial charge in [-0.1, -0.05) is 0 Å². The van der Waals surface area contributed by atoms with Crippen LogP contribution in [0.25, 0.3) is 5.65 Å². The summed E-state index contributed by atoms with van der Waals surface area (Å²) in [5, 5.41) is 0. The first kappa shape index (κ1) is 11.5. The summed E-state index contributed by atoms with van der Waals surface area (Å²) in [7, 11) is -2.92. The van der Waals surface area contributed by atoms with Crippen molar-refractivity contribution >= 4 is 15.5 Å². The van der Waals surface area contributed by atoms with E-state index in [-0.39, 0.29) is 17.1 Å². The maximum Gasteiger partial charge on any atom is 0.183 e. The van der Waals surface area contributed by atoms with E-state index in [1.807, 2.05) is 10.6 Å². The Morgan fingerprint density at radius 2 is 2.22 bits per heavy atom. The molecule has 18 heavy (non-hydrogen) atoms. The lowest BCUT2D eigenvalue weighted by molar-refractivity contribution is 0.550. The molecule has 96 valence electrons. The predicted octanol–water partition coefficient (Wildman–Crippen LogP) is 0.920. The number of aromatic amines is 1.